The van der Waals surface area contributed by atoms with Crippen LogP contribution in [-0.4, -0.2) is 27.4 Å². The molecule has 0 aromatic heterocycles. The van der Waals surface area contributed by atoms with Crippen LogP contribution >= 0.6 is 0 Å². The molecule has 0 saturated heterocycles. The van der Waals surface area contributed by atoms with Crippen LogP contribution in [0.4, 0.5) is 5.69 Å². The lowest BCUT2D eigenvalue weighted by Crippen LogP contribution is -2.21. The van der Waals surface area contributed by atoms with Crippen molar-refractivity contribution in [3.8, 4) is 0 Å². The molecular formula is C19H15N3O5. The highest BCUT2D eigenvalue weighted by molar-refractivity contribution is 6.35. The molecule has 0 spiro atoms. The number of carbonyl (C=O) groups is 2. The fraction of sp³-hybridized carbons (Fsp3) is 0.105. The van der Waals surface area contributed by atoms with E-state index in [-0.39, 0.29) is 34.1 Å². The average Bonchev–Trinajstić information content (AvgIpc) is 2.94. The molecule has 2 N–H and O–H groups in total. The molecule has 0 atom stereocenters. The summed E-state index contributed by atoms with van der Waals surface area (Å²) < 4.78 is 0. The Morgan fingerprint density at radius 1 is 1.15 bits per heavy atom. The quantitative estimate of drug-likeness (QED) is 0.478. The van der Waals surface area contributed by atoms with E-state index in [1.165, 1.54) is 24.3 Å². The number of hydrogen-bond donors (Lipinski definition) is 2. The Morgan fingerprint density at radius 2 is 1.78 bits per heavy atom. The number of nitro groups is 1. The summed E-state index contributed by atoms with van der Waals surface area (Å²) in [5.41, 5.74) is 3.48. The molecule has 2 aromatic carbocycles. The van der Waals surface area contributed by atoms with Crippen LogP contribution in [0.25, 0.3) is 5.76 Å². The molecule has 0 unspecified atom stereocenters. The van der Waals surface area contributed by atoms with Gasteiger partial charge in [0.2, 0.25) is 0 Å². The summed E-state index contributed by atoms with van der Waals surface area (Å²) in [6, 6.07) is 11.7. The number of benzene rings is 2. The summed E-state index contributed by atoms with van der Waals surface area (Å²) in [6.45, 7) is 1.74. The predicted octanol–water partition coefficient (Wildman–Crippen LogP) is 3.26. The van der Waals surface area contributed by atoms with Crippen molar-refractivity contribution in [1.29, 1.82) is 0 Å². The van der Waals surface area contributed by atoms with Crippen molar-refractivity contribution in [2.45, 2.75) is 13.3 Å². The fourth-order valence-electron chi connectivity index (χ4n) is 2.76. The molecule has 0 heterocycles. The Bertz CT molecular complexity index is 1010. The second kappa shape index (κ2) is 7.20. The summed E-state index contributed by atoms with van der Waals surface area (Å²) >= 11 is 0. The first-order valence-electron chi connectivity index (χ1n) is 8.13. The van der Waals surface area contributed by atoms with Gasteiger partial charge in [0.25, 0.3) is 11.6 Å². The van der Waals surface area contributed by atoms with E-state index in [2.05, 4.69) is 10.5 Å². The summed E-state index contributed by atoms with van der Waals surface area (Å²) in [7, 11) is 0. The topological polar surface area (TPSA) is 122 Å². The number of non-ortho nitro benzene ring substituents is 1. The van der Waals surface area contributed by atoms with Crippen molar-refractivity contribution in [3.05, 3.63) is 80.9 Å². The first-order valence-corrected chi connectivity index (χ1v) is 8.13. The molecule has 27 heavy (non-hydrogen) atoms. The minimum absolute atomic E-state index is 0.0581. The SMILES string of the molecule is CCC(=NNC(=O)c1ccc([N+](=O)[O-])cc1)C1=C(O)c2ccccc2C1=O. The highest BCUT2D eigenvalue weighted by Crippen LogP contribution is 2.32. The highest BCUT2D eigenvalue weighted by atomic mass is 16.6. The number of rotatable bonds is 5. The molecule has 1 aliphatic rings. The molecule has 3 rings (SSSR count). The van der Waals surface area contributed by atoms with Gasteiger partial charge >= 0.3 is 0 Å². The van der Waals surface area contributed by atoms with Gasteiger partial charge in [0.15, 0.2) is 5.78 Å². The van der Waals surface area contributed by atoms with Gasteiger partial charge in [-0.1, -0.05) is 31.2 Å². The maximum atomic E-state index is 12.5. The van der Waals surface area contributed by atoms with Crippen LogP contribution in [0.3, 0.4) is 0 Å². The number of aliphatic hydroxyl groups is 1. The van der Waals surface area contributed by atoms with Crippen LogP contribution in [0.15, 0.2) is 59.2 Å². The molecule has 1 amide bonds. The maximum absolute atomic E-state index is 12.5. The van der Waals surface area contributed by atoms with Crippen LogP contribution in [0.1, 0.15) is 39.6 Å². The lowest BCUT2D eigenvalue weighted by atomic mass is 10.0. The van der Waals surface area contributed by atoms with Crippen molar-refractivity contribution in [3.63, 3.8) is 0 Å². The first-order chi connectivity index (χ1) is 12.9. The smallest absolute Gasteiger partial charge is 0.271 e. The van der Waals surface area contributed by atoms with Crippen LogP contribution in [0.2, 0.25) is 0 Å². The van der Waals surface area contributed by atoms with Crippen molar-refractivity contribution in [2.24, 2.45) is 5.10 Å². The molecule has 2 aromatic rings. The summed E-state index contributed by atoms with van der Waals surface area (Å²) in [5.74, 6) is -1.10. The number of nitrogens with zero attached hydrogens (tertiary/aromatic N) is 2. The van der Waals surface area contributed by atoms with Gasteiger partial charge in [-0.15, -0.1) is 0 Å². The summed E-state index contributed by atoms with van der Waals surface area (Å²) in [6.07, 6.45) is 0.305. The number of fused-ring (bicyclic) bond motifs is 1. The Kier molecular flexibility index (Phi) is 4.80. The van der Waals surface area contributed by atoms with Crippen molar-refractivity contribution in [2.75, 3.05) is 0 Å². The van der Waals surface area contributed by atoms with E-state index in [0.29, 0.717) is 17.5 Å². The number of allylic oxidation sites excluding steroid dienone is 1. The number of amides is 1. The molecule has 0 saturated carbocycles. The highest BCUT2D eigenvalue weighted by Gasteiger charge is 2.32. The number of aliphatic hydroxyl groups excluding tert-OH is 1. The van der Waals surface area contributed by atoms with Crippen LogP contribution in [-0.2, 0) is 0 Å². The van der Waals surface area contributed by atoms with E-state index in [0.717, 1.165) is 0 Å². The molecule has 136 valence electrons. The summed E-state index contributed by atoms with van der Waals surface area (Å²) in [4.78, 5) is 34.8. The monoisotopic (exact) mass is 365 g/mol. The zero-order valence-corrected chi connectivity index (χ0v) is 14.3. The van der Waals surface area contributed by atoms with Gasteiger partial charge in [-0.3, -0.25) is 19.7 Å². The zero-order valence-electron chi connectivity index (χ0n) is 14.3. The largest absolute Gasteiger partial charge is 0.506 e. The number of hydrazone groups is 1. The number of nitrogens with one attached hydrogen (secondary N) is 1. The second-order valence-corrected chi connectivity index (χ2v) is 5.76. The van der Waals surface area contributed by atoms with E-state index in [9.17, 15) is 24.8 Å². The van der Waals surface area contributed by atoms with Crippen molar-refractivity contribution < 1.29 is 19.6 Å². The van der Waals surface area contributed by atoms with Crippen LogP contribution in [0.5, 0.6) is 0 Å². The third kappa shape index (κ3) is 3.32. The van der Waals surface area contributed by atoms with E-state index in [1.807, 2.05) is 0 Å². The standard InChI is InChI=1S/C19H15N3O5/c1-2-15(16-17(23)13-5-3-4-6-14(13)18(16)24)20-21-19(25)11-7-9-12(10-8-11)22(26)27/h3-10,23H,2H2,1H3,(H,21,25). The predicted molar refractivity (Wildman–Crippen MR) is 98.6 cm³/mol. The number of hydrogen-bond acceptors (Lipinski definition) is 6. The molecule has 1 aliphatic carbocycles. The van der Waals surface area contributed by atoms with Gasteiger partial charge in [0.1, 0.15) is 5.76 Å². The van der Waals surface area contributed by atoms with E-state index < -0.39 is 10.8 Å². The molecule has 0 fully saturated rings. The number of Topliss-reactive ketones (excluding diaryl/α,β-unsaturated/α-hetero) is 1. The Labute approximate surface area is 154 Å². The van der Waals surface area contributed by atoms with Gasteiger partial charge in [0.05, 0.1) is 16.2 Å². The van der Waals surface area contributed by atoms with Gasteiger partial charge in [-0.2, -0.15) is 5.10 Å². The van der Waals surface area contributed by atoms with Crippen molar-refractivity contribution >= 4 is 28.8 Å². The fourth-order valence-corrected chi connectivity index (χ4v) is 2.76. The third-order valence-corrected chi connectivity index (χ3v) is 4.15. The van der Waals surface area contributed by atoms with Gasteiger partial charge in [0, 0.05) is 28.8 Å². The summed E-state index contributed by atoms with van der Waals surface area (Å²) in [5, 5.41) is 25.0. The average molecular weight is 365 g/mol. The lowest BCUT2D eigenvalue weighted by Gasteiger charge is -2.06. The van der Waals surface area contributed by atoms with Crippen molar-refractivity contribution in [1.82, 2.24) is 5.43 Å². The molecule has 0 radical (unpaired) electrons. The molecule has 8 heteroatoms. The van der Waals surface area contributed by atoms with E-state index in [4.69, 9.17) is 0 Å². The normalized spacial score (nSPS) is 13.5. The molecule has 8 nitrogen and oxygen atoms in total. The van der Waals surface area contributed by atoms with E-state index >= 15 is 0 Å². The molecular weight excluding hydrogens is 350 g/mol. The van der Waals surface area contributed by atoms with Gasteiger partial charge < -0.3 is 5.11 Å². The maximum Gasteiger partial charge on any atom is 0.271 e. The van der Waals surface area contributed by atoms with Crippen LogP contribution < -0.4 is 5.43 Å². The van der Waals surface area contributed by atoms with E-state index in [1.54, 1.807) is 31.2 Å². The Hall–Kier alpha value is -3.81. The second-order valence-electron chi connectivity index (χ2n) is 5.76. The Morgan fingerprint density at radius 3 is 2.33 bits per heavy atom. The number of ketones is 1. The number of carbonyl (C=O) groups excluding carboxylic acids is 2. The Balaban J connectivity index is 1.83. The first kappa shape index (κ1) is 18.0. The lowest BCUT2D eigenvalue weighted by molar-refractivity contribution is -0.384. The molecule has 0 bridgehead atoms. The van der Waals surface area contributed by atoms with Gasteiger partial charge in [-0.05, 0) is 18.6 Å². The van der Waals surface area contributed by atoms with Crippen LogP contribution in [0, 0.1) is 10.1 Å². The minimum atomic E-state index is -0.584. The minimum Gasteiger partial charge on any atom is -0.506 e. The van der Waals surface area contributed by atoms with Gasteiger partial charge in [-0.25, -0.2) is 5.43 Å². The number of nitro benzene ring substituents is 1. The molecule has 0 aliphatic heterocycles. The zero-order chi connectivity index (χ0) is 19.6. The third-order valence-electron chi connectivity index (χ3n) is 4.15.